The molecule has 0 fully saturated rings. The third-order valence-electron chi connectivity index (χ3n) is 2.28. The SMILES string of the molecule is CCCOCCCn1cc[n+](CCC)c1. The molecule has 1 rings (SSSR count). The lowest BCUT2D eigenvalue weighted by Crippen LogP contribution is -2.30. The predicted octanol–water partition coefficient (Wildman–Crippen LogP) is 2.00. The summed E-state index contributed by atoms with van der Waals surface area (Å²) < 4.78 is 9.89. The molecule has 15 heavy (non-hydrogen) atoms. The first-order chi connectivity index (χ1) is 7.36. The van der Waals surface area contributed by atoms with E-state index in [4.69, 9.17) is 4.74 Å². The lowest BCUT2D eigenvalue weighted by molar-refractivity contribution is -0.696. The molecule has 0 amide bonds. The maximum atomic E-state index is 5.44. The van der Waals surface area contributed by atoms with Gasteiger partial charge in [-0.2, -0.15) is 0 Å². The standard InChI is InChI=1S/C12H23N2O/c1-3-6-13-8-9-14(12-13)7-5-11-15-10-4-2/h8-9,12H,3-7,10-11H2,1-2H3/q+1. The van der Waals surface area contributed by atoms with Crippen molar-refractivity contribution in [2.75, 3.05) is 13.2 Å². The van der Waals surface area contributed by atoms with E-state index in [1.165, 1.54) is 6.42 Å². The quantitative estimate of drug-likeness (QED) is 0.475. The van der Waals surface area contributed by atoms with Crippen LogP contribution in [-0.2, 0) is 17.8 Å². The van der Waals surface area contributed by atoms with E-state index in [0.29, 0.717) is 0 Å². The Morgan fingerprint density at radius 2 is 2.07 bits per heavy atom. The summed E-state index contributed by atoms with van der Waals surface area (Å²) in [4.78, 5) is 0. The number of ether oxygens (including phenoxy) is 1. The van der Waals surface area contributed by atoms with Gasteiger partial charge >= 0.3 is 0 Å². The Hall–Kier alpha value is -0.830. The highest BCUT2D eigenvalue weighted by Crippen LogP contribution is 1.92. The summed E-state index contributed by atoms with van der Waals surface area (Å²) in [6, 6.07) is 0. The molecule has 0 aliphatic carbocycles. The number of imidazole rings is 1. The van der Waals surface area contributed by atoms with Gasteiger partial charge in [-0.25, -0.2) is 9.13 Å². The predicted molar refractivity (Wildman–Crippen MR) is 60.6 cm³/mol. The molecular formula is C12H23N2O+. The second-order valence-corrected chi connectivity index (χ2v) is 3.86. The van der Waals surface area contributed by atoms with Gasteiger partial charge in [-0.05, 0) is 12.8 Å². The zero-order chi connectivity index (χ0) is 10.9. The fraction of sp³-hybridized carbons (Fsp3) is 0.750. The molecule has 0 aliphatic heterocycles. The smallest absolute Gasteiger partial charge is 0.243 e. The molecule has 1 aromatic heterocycles. The molecule has 86 valence electrons. The van der Waals surface area contributed by atoms with Crippen molar-refractivity contribution in [3.05, 3.63) is 18.7 Å². The van der Waals surface area contributed by atoms with Crippen LogP contribution in [0.4, 0.5) is 0 Å². The number of rotatable bonds is 8. The molecule has 0 saturated heterocycles. The monoisotopic (exact) mass is 211 g/mol. The lowest BCUT2D eigenvalue weighted by Gasteiger charge is -1.99. The number of nitrogens with zero attached hydrogens (tertiary/aromatic N) is 2. The number of aromatic nitrogens is 2. The zero-order valence-corrected chi connectivity index (χ0v) is 9.98. The fourth-order valence-electron chi connectivity index (χ4n) is 1.56. The Balaban J connectivity index is 2.14. The number of aryl methyl sites for hydroxylation is 2. The summed E-state index contributed by atoms with van der Waals surface area (Å²) in [5.41, 5.74) is 0. The first-order valence-electron chi connectivity index (χ1n) is 5.99. The average molecular weight is 211 g/mol. The van der Waals surface area contributed by atoms with Crippen LogP contribution in [0.25, 0.3) is 0 Å². The second kappa shape index (κ2) is 7.46. The Morgan fingerprint density at radius 3 is 2.80 bits per heavy atom. The van der Waals surface area contributed by atoms with E-state index in [9.17, 15) is 0 Å². The summed E-state index contributed by atoms with van der Waals surface area (Å²) in [6.45, 7) is 8.27. The van der Waals surface area contributed by atoms with E-state index in [1.54, 1.807) is 0 Å². The van der Waals surface area contributed by atoms with Crippen LogP contribution in [0, 0.1) is 0 Å². The van der Waals surface area contributed by atoms with Gasteiger partial charge in [0.2, 0.25) is 6.33 Å². The van der Waals surface area contributed by atoms with Crippen LogP contribution in [-0.4, -0.2) is 17.8 Å². The highest BCUT2D eigenvalue weighted by Gasteiger charge is 2.01. The number of hydrogen-bond donors (Lipinski definition) is 0. The summed E-state index contributed by atoms with van der Waals surface area (Å²) in [5, 5.41) is 0. The minimum absolute atomic E-state index is 0.875. The molecule has 0 atom stereocenters. The average Bonchev–Trinajstić information content (AvgIpc) is 2.66. The molecule has 0 saturated carbocycles. The van der Waals surface area contributed by atoms with Crippen molar-refractivity contribution >= 4 is 0 Å². The molecule has 0 spiro atoms. The van der Waals surface area contributed by atoms with Gasteiger partial charge in [-0.1, -0.05) is 13.8 Å². The summed E-state index contributed by atoms with van der Waals surface area (Å²) in [7, 11) is 0. The van der Waals surface area contributed by atoms with Gasteiger partial charge in [0, 0.05) is 13.0 Å². The van der Waals surface area contributed by atoms with Gasteiger partial charge in [-0.3, -0.25) is 0 Å². The van der Waals surface area contributed by atoms with Gasteiger partial charge in [0.1, 0.15) is 12.4 Å². The Morgan fingerprint density at radius 1 is 1.20 bits per heavy atom. The highest BCUT2D eigenvalue weighted by molar-refractivity contribution is 4.65. The zero-order valence-electron chi connectivity index (χ0n) is 9.98. The molecule has 0 bridgehead atoms. The third-order valence-corrected chi connectivity index (χ3v) is 2.28. The van der Waals surface area contributed by atoms with Crippen LogP contribution in [0.5, 0.6) is 0 Å². The van der Waals surface area contributed by atoms with Crippen LogP contribution in [0.15, 0.2) is 18.7 Å². The molecule has 0 unspecified atom stereocenters. The van der Waals surface area contributed by atoms with E-state index < -0.39 is 0 Å². The molecule has 0 aromatic carbocycles. The van der Waals surface area contributed by atoms with Crippen molar-refractivity contribution in [2.24, 2.45) is 0 Å². The van der Waals surface area contributed by atoms with Gasteiger partial charge < -0.3 is 4.74 Å². The minimum atomic E-state index is 0.875. The van der Waals surface area contributed by atoms with Gasteiger partial charge in [-0.15, -0.1) is 0 Å². The van der Waals surface area contributed by atoms with Gasteiger partial charge in [0.25, 0.3) is 0 Å². The van der Waals surface area contributed by atoms with Crippen LogP contribution < -0.4 is 4.57 Å². The summed E-state index contributed by atoms with van der Waals surface area (Å²) in [5.74, 6) is 0. The van der Waals surface area contributed by atoms with Crippen molar-refractivity contribution in [2.45, 2.75) is 46.2 Å². The molecular weight excluding hydrogens is 188 g/mol. The second-order valence-electron chi connectivity index (χ2n) is 3.86. The van der Waals surface area contributed by atoms with Crippen LogP contribution in [0.3, 0.4) is 0 Å². The van der Waals surface area contributed by atoms with Crippen LogP contribution in [0.1, 0.15) is 33.1 Å². The van der Waals surface area contributed by atoms with Crippen molar-refractivity contribution in [1.29, 1.82) is 0 Å². The molecule has 0 aliphatic rings. The third kappa shape index (κ3) is 4.98. The normalized spacial score (nSPS) is 10.8. The van der Waals surface area contributed by atoms with Gasteiger partial charge in [0.15, 0.2) is 0 Å². The molecule has 1 heterocycles. The molecule has 0 N–H and O–H groups in total. The Kier molecular flexibility index (Phi) is 6.09. The maximum absolute atomic E-state index is 5.44. The van der Waals surface area contributed by atoms with Crippen molar-refractivity contribution in [1.82, 2.24) is 4.57 Å². The molecule has 3 nitrogen and oxygen atoms in total. The van der Waals surface area contributed by atoms with E-state index in [-0.39, 0.29) is 0 Å². The van der Waals surface area contributed by atoms with E-state index in [0.717, 1.165) is 39.1 Å². The maximum Gasteiger partial charge on any atom is 0.243 e. The Labute approximate surface area is 92.7 Å². The van der Waals surface area contributed by atoms with Crippen LogP contribution in [0.2, 0.25) is 0 Å². The topological polar surface area (TPSA) is 18.0 Å². The first-order valence-corrected chi connectivity index (χ1v) is 5.99. The largest absolute Gasteiger partial charge is 0.381 e. The van der Waals surface area contributed by atoms with Crippen molar-refractivity contribution in [3.63, 3.8) is 0 Å². The van der Waals surface area contributed by atoms with Gasteiger partial charge in [0.05, 0.1) is 19.7 Å². The number of hydrogen-bond acceptors (Lipinski definition) is 1. The Bertz CT molecular complexity index is 258. The lowest BCUT2D eigenvalue weighted by atomic mass is 10.4. The molecule has 3 heteroatoms. The highest BCUT2D eigenvalue weighted by atomic mass is 16.5. The van der Waals surface area contributed by atoms with Crippen molar-refractivity contribution in [3.8, 4) is 0 Å². The summed E-state index contributed by atoms with van der Waals surface area (Å²) in [6.07, 6.45) is 9.84. The summed E-state index contributed by atoms with van der Waals surface area (Å²) >= 11 is 0. The van der Waals surface area contributed by atoms with E-state index >= 15 is 0 Å². The minimum Gasteiger partial charge on any atom is -0.381 e. The van der Waals surface area contributed by atoms with E-state index in [2.05, 4.69) is 41.7 Å². The fourth-order valence-corrected chi connectivity index (χ4v) is 1.56. The van der Waals surface area contributed by atoms with E-state index in [1.807, 2.05) is 0 Å². The van der Waals surface area contributed by atoms with Crippen molar-refractivity contribution < 1.29 is 9.30 Å². The van der Waals surface area contributed by atoms with Crippen LogP contribution >= 0.6 is 0 Å². The molecule has 1 aromatic rings. The molecule has 0 radical (unpaired) electrons. The first kappa shape index (κ1) is 12.2.